The molecule has 0 bridgehead atoms. The number of carbonyl (C=O) groups is 1. The van der Waals surface area contributed by atoms with Crippen molar-refractivity contribution in [1.82, 2.24) is 0 Å². The van der Waals surface area contributed by atoms with E-state index in [1.807, 2.05) is 24.3 Å². The van der Waals surface area contributed by atoms with Crippen LogP contribution in [0.1, 0.15) is 24.3 Å². The molecule has 7 heteroatoms. The van der Waals surface area contributed by atoms with Gasteiger partial charge in [0.1, 0.15) is 5.37 Å². The van der Waals surface area contributed by atoms with E-state index < -0.39 is 0 Å². The van der Waals surface area contributed by atoms with Gasteiger partial charge in [0.2, 0.25) is 5.91 Å². The van der Waals surface area contributed by atoms with Crippen LogP contribution in [0.3, 0.4) is 0 Å². The third-order valence-electron chi connectivity index (χ3n) is 3.96. The van der Waals surface area contributed by atoms with Crippen LogP contribution in [0.4, 0.5) is 5.69 Å². The number of nitrogens with zero attached hydrogens (tertiary/aromatic N) is 1. The molecule has 2 aromatic carbocycles. The van der Waals surface area contributed by atoms with Gasteiger partial charge in [0.15, 0.2) is 11.5 Å². The van der Waals surface area contributed by atoms with Crippen molar-refractivity contribution in [3.05, 3.63) is 51.5 Å². The molecule has 1 fully saturated rings. The molecule has 0 N–H and O–H groups in total. The van der Waals surface area contributed by atoms with Gasteiger partial charge >= 0.3 is 0 Å². The van der Waals surface area contributed by atoms with E-state index >= 15 is 0 Å². The van der Waals surface area contributed by atoms with Gasteiger partial charge in [-0.3, -0.25) is 9.69 Å². The van der Waals surface area contributed by atoms with Crippen LogP contribution in [0.15, 0.2) is 40.9 Å². The third kappa shape index (κ3) is 3.97. The smallest absolute Gasteiger partial charge is 0.238 e. The molecule has 138 valence electrons. The van der Waals surface area contributed by atoms with Gasteiger partial charge in [0, 0.05) is 10.7 Å². The summed E-state index contributed by atoms with van der Waals surface area (Å²) in [6.07, 6.45) is 0.911. The summed E-state index contributed by atoms with van der Waals surface area (Å²) >= 11 is 11.2. The fourth-order valence-corrected chi connectivity index (χ4v) is 4.63. The van der Waals surface area contributed by atoms with Crippen molar-refractivity contribution in [2.24, 2.45) is 0 Å². The van der Waals surface area contributed by atoms with Gasteiger partial charge in [-0.15, -0.1) is 11.8 Å². The number of hydrogen-bond donors (Lipinski definition) is 0. The Balaban J connectivity index is 1.97. The topological polar surface area (TPSA) is 38.8 Å². The number of rotatable bonds is 6. The maximum absolute atomic E-state index is 12.5. The van der Waals surface area contributed by atoms with Crippen LogP contribution in [0.5, 0.6) is 11.5 Å². The maximum Gasteiger partial charge on any atom is 0.238 e. The first-order valence-electron chi connectivity index (χ1n) is 8.24. The molecule has 1 atom stereocenters. The van der Waals surface area contributed by atoms with Gasteiger partial charge in [0.25, 0.3) is 0 Å². The average molecular weight is 457 g/mol. The number of hydrogen-bond acceptors (Lipinski definition) is 4. The van der Waals surface area contributed by atoms with Crippen molar-refractivity contribution in [3.8, 4) is 11.5 Å². The van der Waals surface area contributed by atoms with Gasteiger partial charge in [-0.25, -0.2) is 0 Å². The first kappa shape index (κ1) is 19.4. The minimum absolute atomic E-state index is 0.0729. The number of ether oxygens (including phenoxy) is 2. The van der Waals surface area contributed by atoms with Crippen molar-refractivity contribution < 1.29 is 14.3 Å². The lowest BCUT2D eigenvalue weighted by molar-refractivity contribution is -0.115. The largest absolute Gasteiger partial charge is 0.493 e. The molecule has 4 nitrogen and oxygen atoms in total. The van der Waals surface area contributed by atoms with E-state index in [2.05, 4.69) is 22.9 Å². The lowest BCUT2D eigenvalue weighted by Crippen LogP contribution is -2.27. The normalized spacial score (nSPS) is 16.8. The number of halogens is 2. The highest BCUT2D eigenvalue weighted by Crippen LogP contribution is 2.46. The summed E-state index contributed by atoms with van der Waals surface area (Å²) in [4.78, 5) is 14.3. The van der Waals surface area contributed by atoms with E-state index in [0.29, 0.717) is 28.9 Å². The molecule has 1 heterocycles. The molecule has 3 rings (SSSR count). The molecule has 26 heavy (non-hydrogen) atoms. The lowest BCUT2D eigenvalue weighted by Gasteiger charge is -2.25. The quantitative estimate of drug-likeness (QED) is 0.561. The zero-order chi connectivity index (χ0) is 18.7. The summed E-state index contributed by atoms with van der Waals surface area (Å²) in [6.45, 7) is 2.67. The second-order valence-corrected chi connectivity index (χ2v) is 8.15. The van der Waals surface area contributed by atoms with E-state index in [1.54, 1.807) is 35.9 Å². The number of carbonyl (C=O) groups excluding carboxylic acids is 1. The summed E-state index contributed by atoms with van der Waals surface area (Å²) in [5.41, 5.74) is 1.80. The molecule has 0 unspecified atom stereocenters. The van der Waals surface area contributed by atoms with Crippen molar-refractivity contribution in [3.63, 3.8) is 0 Å². The summed E-state index contributed by atoms with van der Waals surface area (Å²) in [5, 5.41) is 0.514. The summed E-state index contributed by atoms with van der Waals surface area (Å²) in [5.74, 6) is 1.84. The van der Waals surface area contributed by atoms with Crippen LogP contribution >= 0.6 is 39.3 Å². The van der Waals surface area contributed by atoms with Gasteiger partial charge in [-0.2, -0.15) is 0 Å². The zero-order valence-corrected chi connectivity index (χ0v) is 17.7. The Bertz CT molecular complexity index is 800. The van der Waals surface area contributed by atoms with Crippen molar-refractivity contribution in [2.75, 3.05) is 24.4 Å². The molecule has 1 aliphatic heterocycles. The summed E-state index contributed by atoms with van der Waals surface area (Å²) in [6, 6.07) is 11.3. The average Bonchev–Trinajstić information content (AvgIpc) is 3.02. The van der Waals surface area contributed by atoms with Crippen molar-refractivity contribution in [1.29, 1.82) is 0 Å². The molecule has 0 radical (unpaired) electrons. The Hall–Kier alpha value is -1.37. The molecule has 1 amide bonds. The van der Waals surface area contributed by atoms with Crippen LogP contribution in [-0.4, -0.2) is 25.4 Å². The molecule has 0 saturated carbocycles. The standard InChI is InChI=1S/C19H19BrClNO3S/c1-3-8-25-18-15(20)9-12(10-16(18)24-2)19-22(17(23)11-26-19)14-6-4-13(21)5-7-14/h4-7,9-10,19H,3,8,11H2,1-2H3/t19-/m0/s1. The fourth-order valence-electron chi connectivity index (χ4n) is 2.78. The first-order chi connectivity index (χ1) is 12.5. The second kappa shape index (κ2) is 8.55. The number of methoxy groups -OCH3 is 1. The van der Waals surface area contributed by atoms with E-state index in [4.69, 9.17) is 21.1 Å². The highest BCUT2D eigenvalue weighted by molar-refractivity contribution is 9.10. The van der Waals surface area contributed by atoms with E-state index in [0.717, 1.165) is 22.1 Å². The Morgan fingerprint density at radius 3 is 2.69 bits per heavy atom. The van der Waals surface area contributed by atoms with Crippen LogP contribution in [0.2, 0.25) is 5.02 Å². The fraction of sp³-hybridized carbons (Fsp3) is 0.316. The van der Waals surface area contributed by atoms with Crippen LogP contribution in [0, 0.1) is 0 Å². The number of amides is 1. The third-order valence-corrected chi connectivity index (χ3v) is 6.01. The minimum Gasteiger partial charge on any atom is -0.493 e. The second-order valence-electron chi connectivity index (χ2n) is 5.79. The maximum atomic E-state index is 12.5. The monoisotopic (exact) mass is 455 g/mol. The highest BCUT2D eigenvalue weighted by Gasteiger charge is 2.35. The Morgan fingerprint density at radius 2 is 2.04 bits per heavy atom. The molecule has 0 aromatic heterocycles. The lowest BCUT2D eigenvalue weighted by atomic mass is 10.1. The number of anilines is 1. The van der Waals surface area contributed by atoms with E-state index in [9.17, 15) is 4.79 Å². The highest BCUT2D eigenvalue weighted by atomic mass is 79.9. The molecule has 0 spiro atoms. The number of thioether (sulfide) groups is 1. The molecular formula is C19H19BrClNO3S. The molecular weight excluding hydrogens is 438 g/mol. The Morgan fingerprint density at radius 1 is 1.31 bits per heavy atom. The molecule has 0 aliphatic carbocycles. The van der Waals surface area contributed by atoms with Crippen LogP contribution in [-0.2, 0) is 4.79 Å². The zero-order valence-electron chi connectivity index (χ0n) is 14.5. The minimum atomic E-state index is -0.130. The van der Waals surface area contributed by atoms with Gasteiger partial charge in [-0.05, 0) is 64.3 Å². The number of benzene rings is 2. The molecule has 1 aliphatic rings. The van der Waals surface area contributed by atoms with Crippen molar-refractivity contribution >= 4 is 50.9 Å². The Labute approximate surface area is 170 Å². The SMILES string of the molecule is CCCOc1c(Br)cc([C@@H]2SCC(=O)N2c2ccc(Cl)cc2)cc1OC. The predicted octanol–water partition coefficient (Wildman–Crippen LogP) is 5.68. The van der Waals surface area contributed by atoms with E-state index in [-0.39, 0.29) is 11.3 Å². The molecule has 1 saturated heterocycles. The van der Waals surface area contributed by atoms with Crippen LogP contribution in [0.25, 0.3) is 0 Å². The van der Waals surface area contributed by atoms with Gasteiger partial charge in [0.05, 0.1) is 23.9 Å². The van der Waals surface area contributed by atoms with Crippen molar-refractivity contribution in [2.45, 2.75) is 18.7 Å². The first-order valence-corrected chi connectivity index (χ1v) is 10.5. The van der Waals surface area contributed by atoms with E-state index in [1.165, 1.54) is 0 Å². The predicted molar refractivity (Wildman–Crippen MR) is 111 cm³/mol. The molecule has 2 aromatic rings. The summed E-state index contributed by atoms with van der Waals surface area (Å²) in [7, 11) is 1.62. The van der Waals surface area contributed by atoms with Gasteiger partial charge < -0.3 is 9.47 Å². The van der Waals surface area contributed by atoms with Crippen LogP contribution < -0.4 is 14.4 Å². The van der Waals surface area contributed by atoms with Gasteiger partial charge in [-0.1, -0.05) is 18.5 Å². The Kier molecular flexibility index (Phi) is 6.37. The summed E-state index contributed by atoms with van der Waals surface area (Å²) < 4.78 is 12.1.